The van der Waals surface area contributed by atoms with Crippen LogP contribution in [0.4, 0.5) is 5.69 Å². The van der Waals surface area contributed by atoms with Gasteiger partial charge >= 0.3 is 0 Å². The highest BCUT2D eigenvalue weighted by Crippen LogP contribution is 2.32. The maximum Gasteiger partial charge on any atom is 0.269 e. The summed E-state index contributed by atoms with van der Waals surface area (Å²) in [5.41, 5.74) is 1.77. The molecule has 8 nitrogen and oxygen atoms in total. The van der Waals surface area contributed by atoms with Crippen LogP contribution >= 0.6 is 11.3 Å². The van der Waals surface area contributed by atoms with Gasteiger partial charge in [0.15, 0.2) is 0 Å². The molecule has 1 aromatic carbocycles. The zero-order chi connectivity index (χ0) is 20.4. The van der Waals surface area contributed by atoms with E-state index in [1.165, 1.54) is 17.0 Å². The zero-order valence-electron chi connectivity index (χ0n) is 16.5. The number of hydrogen-bond donors (Lipinski definition) is 0. The van der Waals surface area contributed by atoms with E-state index in [0.717, 1.165) is 10.7 Å². The lowest BCUT2D eigenvalue weighted by molar-refractivity contribution is -0.384. The summed E-state index contributed by atoms with van der Waals surface area (Å²) >= 11 is 1.75. The molecule has 0 saturated heterocycles. The zero-order valence-corrected chi connectivity index (χ0v) is 17.4. The molecule has 0 aliphatic rings. The van der Waals surface area contributed by atoms with E-state index in [4.69, 9.17) is 4.52 Å². The third-order valence-electron chi connectivity index (χ3n) is 4.57. The first-order valence-corrected chi connectivity index (χ1v) is 9.82. The Bertz CT molecular complexity index is 964. The van der Waals surface area contributed by atoms with Crippen LogP contribution < -0.4 is 0 Å². The van der Waals surface area contributed by atoms with Crippen molar-refractivity contribution in [1.29, 1.82) is 0 Å². The van der Waals surface area contributed by atoms with Gasteiger partial charge in [0.2, 0.25) is 11.7 Å². The molecule has 0 N–H and O–H groups in total. The van der Waals surface area contributed by atoms with E-state index >= 15 is 0 Å². The smallest absolute Gasteiger partial charge is 0.269 e. The van der Waals surface area contributed by atoms with Gasteiger partial charge in [-0.05, 0) is 33.0 Å². The van der Waals surface area contributed by atoms with E-state index in [1.54, 1.807) is 23.5 Å². The Balaban J connectivity index is 1.71. The largest absolute Gasteiger partial charge is 0.338 e. The van der Waals surface area contributed by atoms with Crippen molar-refractivity contribution in [2.24, 2.45) is 0 Å². The number of aromatic nitrogens is 3. The summed E-state index contributed by atoms with van der Waals surface area (Å²) in [5.74, 6) is 1.33. The van der Waals surface area contributed by atoms with Gasteiger partial charge in [-0.15, -0.1) is 11.3 Å². The van der Waals surface area contributed by atoms with Crippen molar-refractivity contribution in [3.63, 3.8) is 0 Å². The number of benzene rings is 1. The van der Waals surface area contributed by atoms with Crippen molar-refractivity contribution in [2.45, 2.75) is 46.2 Å². The van der Waals surface area contributed by atoms with Gasteiger partial charge in [0.1, 0.15) is 0 Å². The highest BCUT2D eigenvalue weighted by molar-refractivity contribution is 7.11. The van der Waals surface area contributed by atoms with Crippen LogP contribution in [0.25, 0.3) is 11.4 Å². The lowest BCUT2D eigenvalue weighted by Crippen LogP contribution is -2.22. The Morgan fingerprint density at radius 2 is 1.89 bits per heavy atom. The van der Waals surface area contributed by atoms with Crippen LogP contribution in [0.2, 0.25) is 0 Å². The molecule has 0 fully saturated rings. The number of aryl methyl sites for hydroxylation is 1. The molecule has 9 heteroatoms. The molecule has 0 aliphatic heterocycles. The summed E-state index contributed by atoms with van der Waals surface area (Å²) in [6.07, 6.45) is 0. The van der Waals surface area contributed by atoms with E-state index in [2.05, 4.69) is 40.8 Å². The summed E-state index contributed by atoms with van der Waals surface area (Å²) < 4.78 is 5.38. The van der Waals surface area contributed by atoms with Crippen molar-refractivity contribution >= 4 is 17.0 Å². The second-order valence-electron chi connectivity index (χ2n) is 7.06. The van der Waals surface area contributed by atoms with Gasteiger partial charge in [-0.25, -0.2) is 4.98 Å². The molecule has 0 unspecified atom stereocenters. The molecule has 0 aliphatic carbocycles. The summed E-state index contributed by atoms with van der Waals surface area (Å²) in [6.45, 7) is 8.97. The molecule has 0 amide bonds. The fourth-order valence-electron chi connectivity index (χ4n) is 2.78. The first-order chi connectivity index (χ1) is 13.3. The van der Waals surface area contributed by atoms with E-state index in [0.29, 0.717) is 29.7 Å². The normalized spacial score (nSPS) is 12.7. The number of nitro benzene ring substituents is 1. The van der Waals surface area contributed by atoms with Gasteiger partial charge < -0.3 is 4.52 Å². The number of nitrogens with zero attached hydrogens (tertiary/aromatic N) is 5. The van der Waals surface area contributed by atoms with Crippen LogP contribution in [0.1, 0.15) is 54.2 Å². The summed E-state index contributed by atoms with van der Waals surface area (Å²) in [6, 6.07) is 6.26. The molecule has 0 spiro atoms. The van der Waals surface area contributed by atoms with Crippen molar-refractivity contribution < 1.29 is 9.45 Å². The maximum absolute atomic E-state index is 10.8. The summed E-state index contributed by atoms with van der Waals surface area (Å²) in [7, 11) is 2.01. The molecule has 0 radical (unpaired) electrons. The number of hydrogen-bond acceptors (Lipinski definition) is 8. The summed E-state index contributed by atoms with van der Waals surface area (Å²) in [5, 5.41) is 15.9. The van der Waals surface area contributed by atoms with E-state index in [9.17, 15) is 10.1 Å². The van der Waals surface area contributed by atoms with E-state index in [-0.39, 0.29) is 11.7 Å². The topological polar surface area (TPSA) is 98.2 Å². The molecule has 148 valence electrons. The van der Waals surface area contributed by atoms with Crippen LogP contribution in [0.3, 0.4) is 0 Å². The molecule has 2 aromatic heterocycles. The molecule has 3 rings (SSSR count). The molecule has 28 heavy (non-hydrogen) atoms. The van der Waals surface area contributed by atoms with E-state index in [1.807, 2.05) is 14.0 Å². The van der Waals surface area contributed by atoms with Crippen LogP contribution in [0.15, 0.2) is 28.8 Å². The first-order valence-electron chi connectivity index (χ1n) is 9.01. The van der Waals surface area contributed by atoms with Crippen LogP contribution in [0.5, 0.6) is 0 Å². The minimum atomic E-state index is -0.437. The van der Waals surface area contributed by atoms with Gasteiger partial charge in [0.25, 0.3) is 5.69 Å². The Kier molecular flexibility index (Phi) is 5.85. The van der Waals surface area contributed by atoms with Crippen LogP contribution in [0, 0.1) is 17.0 Å². The Morgan fingerprint density at radius 3 is 2.46 bits per heavy atom. The predicted molar refractivity (Wildman–Crippen MR) is 107 cm³/mol. The lowest BCUT2D eigenvalue weighted by Gasteiger charge is -2.22. The predicted octanol–water partition coefficient (Wildman–Crippen LogP) is 4.73. The fraction of sp³-hybridized carbons (Fsp3) is 0.421. The molecule has 1 atom stereocenters. The lowest BCUT2D eigenvalue weighted by atomic mass is 10.2. The van der Waals surface area contributed by atoms with Crippen LogP contribution in [-0.4, -0.2) is 32.0 Å². The maximum atomic E-state index is 10.8. The van der Waals surface area contributed by atoms with Gasteiger partial charge in [-0.3, -0.25) is 15.0 Å². The second-order valence-corrected chi connectivity index (χ2v) is 8.13. The highest BCUT2D eigenvalue weighted by Gasteiger charge is 2.21. The van der Waals surface area contributed by atoms with Gasteiger partial charge in [0.05, 0.1) is 22.2 Å². The van der Waals surface area contributed by atoms with Gasteiger partial charge in [0, 0.05) is 34.5 Å². The van der Waals surface area contributed by atoms with Crippen molar-refractivity contribution in [3.8, 4) is 11.4 Å². The third kappa shape index (κ3) is 4.26. The molecule has 3 aromatic rings. The molecule has 2 heterocycles. The average molecular weight is 401 g/mol. The fourth-order valence-corrected chi connectivity index (χ4v) is 3.97. The molecular formula is C19H23N5O3S. The van der Waals surface area contributed by atoms with Gasteiger partial charge in [-0.1, -0.05) is 19.0 Å². The Labute approximate surface area is 167 Å². The highest BCUT2D eigenvalue weighted by atomic mass is 32.1. The minimum Gasteiger partial charge on any atom is -0.338 e. The van der Waals surface area contributed by atoms with Crippen LogP contribution in [-0.2, 0) is 6.54 Å². The monoisotopic (exact) mass is 401 g/mol. The average Bonchev–Trinajstić information content (AvgIpc) is 3.28. The van der Waals surface area contributed by atoms with Crippen molar-refractivity contribution in [2.75, 3.05) is 7.05 Å². The number of nitro groups is 1. The SMILES string of the molecule is Cc1nc(C(C)C)sc1[C@@H](C)N(C)Cc1nc(-c2ccc([N+](=O)[O-])cc2)no1. The molecule has 0 bridgehead atoms. The number of rotatable bonds is 7. The minimum absolute atomic E-state index is 0.0294. The Morgan fingerprint density at radius 1 is 1.21 bits per heavy atom. The number of non-ortho nitro benzene ring substituents is 1. The van der Waals surface area contributed by atoms with Crippen molar-refractivity contribution in [3.05, 3.63) is 55.8 Å². The Hall–Kier alpha value is -2.65. The van der Waals surface area contributed by atoms with Crippen molar-refractivity contribution in [1.82, 2.24) is 20.0 Å². The van der Waals surface area contributed by atoms with E-state index < -0.39 is 4.92 Å². The third-order valence-corrected chi connectivity index (χ3v) is 6.20. The second kappa shape index (κ2) is 8.15. The quantitative estimate of drug-likeness (QED) is 0.417. The standard InChI is InChI=1S/C19H23N5O3S/c1-11(2)19-20-12(3)17(28-19)13(4)23(5)10-16-21-18(22-27-16)14-6-8-15(9-7-14)24(25)26/h6-9,11,13H,10H2,1-5H3/t13-/m1/s1. The molecular weight excluding hydrogens is 378 g/mol. The number of thiazole rings is 1. The molecule has 0 saturated carbocycles. The first kappa shape index (κ1) is 20.1. The van der Waals surface area contributed by atoms with Gasteiger partial charge in [-0.2, -0.15) is 4.98 Å². The summed E-state index contributed by atoms with van der Waals surface area (Å²) in [4.78, 5) is 22.8.